The molecule has 0 radical (unpaired) electrons. The first kappa shape index (κ1) is 18.0. The van der Waals surface area contributed by atoms with Crippen LogP contribution in [0.25, 0.3) is 17.3 Å². The van der Waals surface area contributed by atoms with Gasteiger partial charge in [0.05, 0.1) is 18.1 Å². The Labute approximate surface area is 170 Å². The minimum Gasteiger partial charge on any atom is -0.320 e. The molecule has 10 heteroatoms. The molecule has 3 aromatic heterocycles. The molecule has 5 rings (SSSR count). The zero-order chi connectivity index (χ0) is 20.8. The van der Waals surface area contributed by atoms with Crippen molar-refractivity contribution in [2.45, 2.75) is 13.0 Å². The number of aromatic nitrogens is 6. The lowest BCUT2D eigenvalue weighted by Crippen LogP contribution is -2.44. The molecule has 150 valence electrons. The first-order valence-corrected chi connectivity index (χ1v) is 9.27. The molecular formula is C20H17FN8O. The van der Waals surface area contributed by atoms with Crippen LogP contribution in [-0.2, 0) is 11.8 Å². The van der Waals surface area contributed by atoms with Crippen LogP contribution >= 0.6 is 0 Å². The van der Waals surface area contributed by atoms with Crippen molar-refractivity contribution < 1.29 is 9.18 Å². The van der Waals surface area contributed by atoms with Crippen LogP contribution in [0.1, 0.15) is 6.92 Å². The van der Waals surface area contributed by atoms with E-state index < -0.39 is 6.04 Å². The molecular weight excluding hydrogens is 387 g/mol. The van der Waals surface area contributed by atoms with Crippen LogP contribution in [0.3, 0.4) is 0 Å². The highest BCUT2D eigenvalue weighted by atomic mass is 19.1. The molecule has 1 aromatic carbocycles. The van der Waals surface area contributed by atoms with Gasteiger partial charge in [0, 0.05) is 31.2 Å². The van der Waals surface area contributed by atoms with Crippen molar-refractivity contribution in [1.82, 2.24) is 29.3 Å². The third-order valence-electron chi connectivity index (χ3n) is 4.94. The fraction of sp³-hybridized carbons (Fsp3) is 0.150. The van der Waals surface area contributed by atoms with E-state index in [0.29, 0.717) is 23.3 Å². The lowest BCUT2D eigenvalue weighted by atomic mass is 10.2. The number of amides is 1. The number of fused-ring (bicyclic) bond motifs is 1. The third-order valence-corrected chi connectivity index (χ3v) is 4.94. The maximum Gasteiger partial charge on any atom is 0.247 e. The molecule has 1 aliphatic rings. The fourth-order valence-electron chi connectivity index (χ4n) is 3.45. The van der Waals surface area contributed by atoms with E-state index in [1.165, 1.54) is 12.1 Å². The van der Waals surface area contributed by atoms with Gasteiger partial charge in [0.25, 0.3) is 0 Å². The summed E-state index contributed by atoms with van der Waals surface area (Å²) in [7, 11) is 1.81. The Bertz CT molecular complexity index is 1250. The number of nitrogens with one attached hydrogen (secondary N) is 1. The molecule has 1 unspecified atom stereocenters. The quantitative estimate of drug-likeness (QED) is 0.564. The van der Waals surface area contributed by atoms with Gasteiger partial charge in [-0.25, -0.2) is 14.4 Å². The molecule has 0 fully saturated rings. The third kappa shape index (κ3) is 2.89. The number of rotatable bonds is 3. The van der Waals surface area contributed by atoms with Crippen molar-refractivity contribution in [2.75, 3.05) is 10.2 Å². The van der Waals surface area contributed by atoms with Crippen LogP contribution in [-0.4, -0.2) is 41.2 Å². The zero-order valence-corrected chi connectivity index (χ0v) is 16.2. The Morgan fingerprint density at radius 2 is 1.93 bits per heavy atom. The summed E-state index contributed by atoms with van der Waals surface area (Å²) in [4.78, 5) is 27.8. The van der Waals surface area contributed by atoms with Crippen molar-refractivity contribution in [2.24, 2.45) is 7.05 Å². The molecule has 0 aliphatic carbocycles. The van der Waals surface area contributed by atoms with Gasteiger partial charge in [-0.3, -0.25) is 14.0 Å². The van der Waals surface area contributed by atoms with Crippen molar-refractivity contribution in [3.8, 4) is 17.3 Å². The van der Waals surface area contributed by atoms with E-state index in [0.717, 1.165) is 11.3 Å². The summed E-state index contributed by atoms with van der Waals surface area (Å²) in [6.07, 6.45) is 8.44. The Kier molecular flexibility index (Phi) is 4.05. The standard InChI is InChI=1S/C20H17FN8O/c1-12-19(30)25-16-10-23-20(26-18(16)29(12)15-9-24-27(2)11-15)28-8-7-22-17(28)13-3-5-14(21)6-4-13/h3-12H,1-2H3,(H,25,30). The lowest BCUT2D eigenvalue weighted by Gasteiger charge is -2.34. The Hall–Kier alpha value is -4.08. The minimum atomic E-state index is -0.483. The van der Waals surface area contributed by atoms with E-state index in [-0.39, 0.29) is 11.7 Å². The molecule has 30 heavy (non-hydrogen) atoms. The van der Waals surface area contributed by atoms with Crippen LogP contribution in [0.4, 0.5) is 21.6 Å². The fourth-order valence-corrected chi connectivity index (χ4v) is 3.45. The lowest BCUT2D eigenvalue weighted by molar-refractivity contribution is -0.117. The number of imidazole rings is 1. The van der Waals surface area contributed by atoms with Crippen molar-refractivity contribution in [1.29, 1.82) is 0 Å². The highest BCUT2D eigenvalue weighted by molar-refractivity contribution is 6.04. The molecule has 1 N–H and O–H groups in total. The molecule has 1 amide bonds. The van der Waals surface area contributed by atoms with Crippen molar-refractivity contribution in [3.63, 3.8) is 0 Å². The number of benzene rings is 1. The highest BCUT2D eigenvalue weighted by Crippen LogP contribution is 2.36. The second-order valence-corrected chi connectivity index (χ2v) is 6.94. The largest absolute Gasteiger partial charge is 0.320 e. The number of aryl methyl sites for hydroxylation is 1. The minimum absolute atomic E-state index is 0.155. The van der Waals surface area contributed by atoms with E-state index in [2.05, 4.69) is 20.4 Å². The van der Waals surface area contributed by atoms with Gasteiger partial charge in [-0.2, -0.15) is 10.1 Å². The van der Waals surface area contributed by atoms with E-state index in [9.17, 15) is 9.18 Å². The number of anilines is 3. The first-order chi connectivity index (χ1) is 14.5. The summed E-state index contributed by atoms with van der Waals surface area (Å²) in [5.74, 6) is 1.04. The average Bonchev–Trinajstić information content (AvgIpc) is 3.39. The Morgan fingerprint density at radius 1 is 1.13 bits per heavy atom. The smallest absolute Gasteiger partial charge is 0.247 e. The van der Waals surface area contributed by atoms with Crippen LogP contribution < -0.4 is 10.2 Å². The average molecular weight is 404 g/mol. The maximum atomic E-state index is 13.3. The monoisotopic (exact) mass is 404 g/mol. The molecule has 4 aromatic rings. The van der Waals surface area contributed by atoms with E-state index in [1.807, 2.05) is 18.1 Å². The normalized spacial score (nSPS) is 15.8. The van der Waals surface area contributed by atoms with E-state index in [1.54, 1.807) is 53.1 Å². The molecule has 0 bridgehead atoms. The molecule has 9 nitrogen and oxygen atoms in total. The second kappa shape index (κ2) is 6.76. The summed E-state index contributed by atoms with van der Waals surface area (Å²) < 4.78 is 16.7. The number of nitrogens with zero attached hydrogens (tertiary/aromatic N) is 7. The Morgan fingerprint density at radius 3 is 2.67 bits per heavy atom. The van der Waals surface area contributed by atoms with Crippen LogP contribution in [0.2, 0.25) is 0 Å². The first-order valence-electron chi connectivity index (χ1n) is 9.27. The van der Waals surface area contributed by atoms with Gasteiger partial charge in [-0.1, -0.05) is 0 Å². The van der Waals surface area contributed by atoms with Gasteiger partial charge in [0.1, 0.15) is 23.4 Å². The van der Waals surface area contributed by atoms with Gasteiger partial charge < -0.3 is 10.2 Å². The maximum absolute atomic E-state index is 13.3. The topological polar surface area (TPSA) is 93.8 Å². The number of carbonyl (C=O) groups is 1. The predicted octanol–water partition coefficient (Wildman–Crippen LogP) is 2.68. The van der Waals surface area contributed by atoms with Gasteiger partial charge in [-0.05, 0) is 31.2 Å². The van der Waals surface area contributed by atoms with Crippen LogP contribution in [0, 0.1) is 5.82 Å². The van der Waals surface area contributed by atoms with E-state index >= 15 is 0 Å². The van der Waals surface area contributed by atoms with E-state index in [4.69, 9.17) is 4.98 Å². The summed E-state index contributed by atoms with van der Waals surface area (Å²) in [5, 5.41) is 7.05. The molecule has 1 atom stereocenters. The van der Waals surface area contributed by atoms with Crippen LogP contribution in [0.15, 0.2) is 55.2 Å². The SMILES string of the molecule is CC1C(=O)Nc2cnc(-n3ccnc3-c3ccc(F)cc3)nc2N1c1cnn(C)c1. The number of hydrogen-bond donors (Lipinski definition) is 1. The number of carbonyl (C=O) groups excluding carboxylic acids is 1. The van der Waals surface area contributed by atoms with Crippen molar-refractivity contribution >= 4 is 23.1 Å². The zero-order valence-electron chi connectivity index (χ0n) is 16.2. The summed E-state index contributed by atoms with van der Waals surface area (Å²) in [6, 6.07) is 5.57. The second-order valence-electron chi connectivity index (χ2n) is 6.94. The summed E-state index contributed by atoms with van der Waals surface area (Å²) >= 11 is 0. The van der Waals surface area contributed by atoms with Crippen LogP contribution in [0.5, 0.6) is 0 Å². The van der Waals surface area contributed by atoms with Gasteiger partial charge in [-0.15, -0.1) is 0 Å². The summed E-state index contributed by atoms with van der Waals surface area (Å²) in [6.45, 7) is 1.80. The van der Waals surface area contributed by atoms with Gasteiger partial charge >= 0.3 is 0 Å². The Balaban J connectivity index is 1.63. The highest BCUT2D eigenvalue weighted by Gasteiger charge is 2.33. The predicted molar refractivity (Wildman–Crippen MR) is 108 cm³/mol. The number of hydrogen-bond acceptors (Lipinski definition) is 6. The molecule has 0 saturated carbocycles. The molecule has 1 aliphatic heterocycles. The molecule has 0 saturated heterocycles. The van der Waals surface area contributed by atoms with Gasteiger partial charge in [0.2, 0.25) is 11.9 Å². The van der Waals surface area contributed by atoms with Crippen molar-refractivity contribution in [3.05, 3.63) is 61.1 Å². The molecule has 4 heterocycles. The van der Waals surface area contributed by atoms with Gasteiger partial charge in [0.15, 0.2) is 5.82 Å². The molecule has 0 spiro atoms. The summed E-state index contributed by atoms with van der Waals surface area (Å²) in [5.41, 5.74) is 1.98. The number of halogens is 1.